The zero-order chi connectivity index (χ0) is 19.2. The summed E-state index contributed by atoms with van der Waals surface area (Å²) in [6, 6.07) is 11.2. The number of alkyl halides is 4. The second-order valence-corrected chi connectivity index (χ2v) is 5.46. The van der Waals surface area contributed by atoms with E-state index in [1.165, 1.54) is 6.07 Å². The molecule has 1 unspecified atom stereocenters. The van der Waals surface area contributed by atoms with Gasteiger partial charge in [-0.3, -0.25) is 4.79 Å². The summed E-state index contributed by atoms with van der Waals surface area (Å²) in [4.78, 5) is 15.7. The zero-order valence-corrected chi connectivity index (χ0v) is 14.8. The van der Waals surface area contributed by atoms with Gasteiger partial charge in [0.1, 0.15) is 0 Å². The molecule has 1 aromatic carbocycles. The van der Waals surface area contributed by atoms with E-state index in [0.29, 0.717) is 0 Å². The first-order chi connectivity index (χ1) is 12.3. The summed E-state index contributed by atoms with van der Waals surface area (Å²) in [7, 11) is 0. The van der Waals surface area contributed by atoms with Crippen molar-refractivity contribution in [1.29, 1.82) is 0 Å². The topological polar surface area (TPSA) is 77.2 Å². The molecule has 0 fully saturated rings. The van der Waals surface area contributed by atoms with Crippen LogP contribution in [0.15, 0.2) is 48.7 Å². The fourth-order valence-corrected chi connectivity index (χ4v) is 1.96. The molecule has 0 aliphatic heterocycles. The number of nitrogens with zero attached hydrogens (tertiary/aromatic N) is 1. The minimum atomic E-state index is -4.27. The number of amides is 1. The Morgan fingerprint density at radius 3 is 2.41 bits per heavy atom. The first-order valence-corrected chi connectivity index (χ1v) is 7.63. The molecule has 2 rings (SSSR count). The monoisotopic (exact) mass is 407 g/mol. The van der Waals surface area contributed by atoms with Crippen molar-refractivity contribution in [1.82, 2.24) is 10.3 Å². The van der Waals surface area contributed by atoms with Gasteiger partial charge in [-0.15, -0.1) is 12.4 Å². The van der Waals surface area contributed by atoms with E-state index in [9.17, 15) is 22.4 Å². The Morgan fingerprint density at radius 1 is 1.19 bits per heavy atom. The predicted octanol–water partition coefficient (Wildman–Crippen LogP) is 3.21. The number of aromatic nitrogens is 1. The van der Waals surface area contributed by atoms with Gasteiger partial charge in [0, 0.05) is 24.8 Å². The molecule has 0 saturated heterocycles. The van der Waals surface area contributed by atoms with Crippen LogP contribution in [0.2, 0.25) is 0 Å². The van der Waals surface area contributed by atoms with Crippen LogP contribution in [0.1, 0.15) is 22.0 Å². The van der Waals surface area contributed by atoms with Crippen molar-refractivity contribution < 1.29 is 27.1 Å². The van der Waals surface area contributed by atoms with E-state index in [-0.39, 0.29) is 30.4 Å². The molecular formula is C17H18ClF4N3O2. The largest absolute Gasteiger partial charge is 0.471 e. The maximum atomic E-state index is 12.8. The number of nitrogens with one attached hydrogen (secondary N) is 1. The summed E-state index contributed by atoms with van der Waals surface area (Å²) in [5, 5.41) is 2.62. The van der Waals surface area contributed by atoms with E-state index in [2.05, 4.69) is 15.0 Å². The Labute approximate surface area is 159 Å². The Kier molecular flexibility index (Phi) is 8.45. The van der Waals surface area contributed by atoms with Crippen molar-refractivity contribution >= 4 is 18.3 Å². The van der Waals surface area contributed by atoms with Crippen LogP contribution in [0.3, 0.4) is 0 Å². The maximum Gasteiger partial charge on any atom is 0.340 e. The van der Waals surface area contributed by atoms with Crippen LogP contribution in [0, 0.1) is 0 Å². The van der Waals surface area contributed by atoms with Crippen molar-refractivity contribution in [3.05, 3.63) is 59.8 Å². The smallest absolute Gasteiger partial charge is 0.340 e. The summed E-state index contributed by atoms with van der Waals surface area (Å²) < 4.78 is 54.2. The molecular weight excluding hydrogens is 390 g/mol. The number of benzene rings is 1. The van der Waals surface area contributed by atoms with Crippen LogP contribution in [-0.4, -0.2) is 36.4 Å². The molecule has 1 heterocycles. The minimum absolute atomic E-state index is 0. The van der Waals surface area contributed by atoms with Gasteiger partial charge in [-0.2, -0.15) is 8.78 Å². The first-order valence-electron chi connectivity index (χ1n) is 7.63. The zero-order valence-electron chi connectivity index (χ0n) is 13.9. The number of nitrogens with two attached hydrogens (primary N) is 1. The van der Waals surface area contributed by atoms with Gasteiger partial charge in [-0.05, 0) is 11.6 Å². The average Bonchev–Trinajstić information content (AvgIpc) is 2.65. The van der Waals surface area contributed by atoms with Gasteiger partial charge in [0.2, 0.25) is 5.88 Å². The van der Waals surface area contributed by atoms with Gasteiger partial charge in [-0.25, -0.2) is 13.8 Å². The number of hydrogen-bond donors (Lipinski definition) is 2. The highest BCUT2D eigenvalue weighted by Crippen LogP contribution is 2.23. The Balaban J connectivity index is 0.00000364. The molecule has 1 aromatic heterocycles. The number of hydrogen-bond acceptors (Lipinski definition) is 4. The van der Waals surface area contributed by atoms with Crippen molar-refractivity contribution in [2.75, 3.05) is 13.2 Å². The summed E-state index contributed by atoms with van der Waals surface area (Å²) in [6.07, 6.45) is -2.74. The molecule has 0 spiro atoms. The predicted molar refractivity (Wildman–Crippen MR) is 93.6 cm³/mol. The van der Waals surface area contributed by atoms with Crippen LogP contribution >= 0.6 is 12.4 Å². The second-order valence-electron chi connectivity index (χ2n) is 5.46. The lowest BCUT2D eigenvalue weighted by Gasteiger charge is -2.15. The number of rotatable bonds is 8. The van der Waals surface area contributed by atoms with Crippen LogP contribution in [-0.2, 0) is 0 Å². The number of pyridine rings is 1. The van der Waals surface area contributed by atoms with Gasteiger partial charge < -0.3 is 15.8 Å². The Hall–Kier alpha value is -2.39. The average molecular weight is 408 g/mol. The van der Waals surface area contributed by atoms with Crippen molar-refractivity contribution in [3.8, 4) is 5.88 Å². The summed E-state index contributed by atoms with van der Waals surface area (Å²) in [6.45, 7) is -1.32. The van der Waals surface area contributed by atoms with E-state index in [1.54, 1.807) is 0 Å². The number of ether oxygens (including phenoxy) is 1. The number of carbonyl (C=O) groups excluding carboxylic acids is 1. The summed E-state index contributed by atoms with van der Waals surface area (Å²) in [5.41, 5.74) is 6.97. The molecule has 10 heteroatoms. The van der Waals surface area contributed by atoms with E-state index in [4.69, 9.17) is 5.73 Å². The van der Waals surface area contributed by atoms with Gasteiger partial charge in [0.25, 0.3) is 5.91 Å². The third kappa shape index (κ3) is 6.69. The molecule has 1 atom stereocenters. The van der Waals surface area contributed by atoms with Gasteiger partial charge in [0.05, 0.1) is 5.56 Å². The second kappa shape index (κ2) is 10.1. The van der Waals surface area contributed by atoms with Crippen molar-refractivity contribution in [3.63, 3.8) is 0 Å². The molecule has 148 valence electrons. The minimum Gasteiger partial charge on any atom is -0.471 e. The molecule has 1 amide bonds. The molecule has 27 heavy (non-hydrogen) atoms. The highest BCUT2D eigenvalue weighted by molar-refractivity contribution is 5.93. The number of halogens is 5. The molecule has 0 radical (unpaired) electrons. The highest BCUT2D eigenvalue weighted by Gasteiger charge is 2.41. The first kappa shape index (κ1) is 22.7. The van der Waals surface area contributed by atoms with Crippen LogP contribution in [0.25, 0.3) is 0 Å². The lowest BCUT2D eigenvalue weighted by Crippen LogP contribution is -2.34. The van der Waals surface area contributed by atoms with Crippen LogP contribution in [0.4, 0.5) is 17.6 Å². The molecule has 0 aliphatic carbocycles. The molecule has 2 aromatic rings. The molecule has 3 N–H and O–H groups in total. The van der Waals surface area contributed by atoms with Gasteiger partial charge >= 0.3 is 12.3 Å². The highest BCUT2D eigenvalue weighted by atomic mass is 35.5. The van der Waals surface area contributed by atoms with Crippen LogP contribution < -0.4 is 15.8 Å². The fourth-order valence-electron chi connectivity index (χ4n) is 1.96. The standard InChI is InChI=1S/C17H17F4N3O2.ClH/c18-16(19)17(20,21)10-26-14-7-6-12(8-23-14)15(25)24-9-13(22)11-4-2-1-3-5-11;/h1-8,13,16H,9-10,22H2,(H,24,25);1H. The van der Waals surface area contributed by atoms with Gasteiger partial charge in [-0.1, -0.05) is 30.3 Å². The van der Waals surface area contributed by atoms with Crippen molar-refractivity contribution in [2.45, 2.75) is 18.4 Å². The summed E-state index contributed by atoms with van der Waals surface area (Å²) in [5.74, 6) is -5.03. The van der Waals surface area contributed by atoms with E-state index >= 15 is 0 Å². The SMILES string of the molecule is Cl.NC(CNC(=O)c1ccc(OCC(F)(F)C(F)F)nc1)c1ccccc1. The van der Waals surface area contributed by atoms with Gasteiger partial charge in [0.15, 0.2) is 6.61 Å². The van der Waals surface area contributed by atoms with E-state index < -0.39 is 30.9 Å². The molecule has 0 bridgehead atoms. The maximum absolute atomic E-state index is 12.8. The van der Waals surface area contributed by atoms with Crippen molar-refractivity contribution in [2.24, 2.45) is 5.73 Å². The Morgan fingerprint density at radius 2 is 1.85 bits per heavy atom. The lowest BCUT2D eigenvalue weighted by molar-refractivity contribution is -0.148. The molecule has 0 aliphatic rings. The quantitative estimate of drug-likeness (QED) is 0.659. The molecule has 5 nitrogen and oxygen atoms in total. The normalized spacial score (nSPS) is 12.2. The third-order valence-corrected chi connectivity index (χ3v) is 3.44. The lowest BCUT2D eigenvalue weighted by atomic mass is 10.1. The Bertz CT molecular complexity index is 718. The summed E-state index contributed by atoms with van der Waals surface area (Å²) >= 11 is 0. The third-order valence-electron chi connectivity index (χ3n) is 3.44. The molecule has 0 saturated carbocycles. The van der Waals surface area contributed by atoms with Crippen LogP contribution in [0.5, 0.6) is 5.88 Å². The van der Waals surface area contributed by atoms with E-state index in [1.807, 2.05) is 30.3 Å². The fraction of sp³-hybridized carbons (Fsp3) is 0.294. The number of carbonyl (C=O) groups is 1. The van der Waals surface area contributed by atoms with E-state index in [0.717, 1.165) is 17.8 Å².